The minimum absolute atomic E-state index is 0.00258. The fourth-order valence-electron chi connectivity index (χ4n) is 1.43. The van der Waals surface area contributed by atoms with Crippen molar-refractivity contribution in [2.24, 2.45) is 0 Å². The molecule has 0 saturated carbocycles. The molecule has 0 aliphatic rings. The molecule has 0 aliphatic heterocycles. The van der Waals surface area contributed by atoms with Gasteiger partial charge in [0.25, 0.3) is 11.5 Å². The van der Waals surface area contributed by atoms with Crippen LogP contribution in [0.25, 0.3) is 0 Å². The summed E-state index contributed by atoms with van der Waals surface area (Å²) in [5, 5.41) is 4.46. The third-order valence-electron chi connectivity index (χ3n) is 2.39. The third kappa shape index (κ3) is 3.29. The number of nitrogens with one attached hydrogen (secondary N) is 2. The predicted octanol–water partition coefficient (Wildman–Crippen LogP) is 0.799. The molecule has 0 saturated heterocycles. The molecule has 2 N–H and O–H groups in total. The van der Waals surface area contributed by atoms with E-state index in [9.17, 15) is 14.4 Å². The summed E-state index contributed by atoms with van der Waals surface area (Å²) in [6.45, 7) is 0. The van der Waals surface area contributed by atoms with Gasteiger partial charge in [0.15, 0.2) is 5.13 Å². The summed E-state index contributed by atoms with van der Waals surface area (Å²) >= 11 is 1.17. The number of hydrogen-bond acceptors (Lipinski definition) is 6. The second-order valence-electron chi connectivity index (χ2n) is 3.76. The fraction of sp³-hybridized carbons (Fsp3) is 0.167. The lowest BCUT2D eigenvalue weighted by Gasteiger charge is -2.00. The van der Waals surface area contributed by atoms with Gasteiger partial charge in [-0.15, -0.1) is 11.3 Å². The van der Waals surface area contributed by atoms with E-state index in [4.69, 9.17) is 0 Å². The lowest BCUT2D eigenvalue weighted by atomic mass is 10.2. The molecule has 2 heterocycles. The Labute approximate surface area is 117 Å². The van der Waals surface area contributed by atoms with Crippen LogP contribution in [0.2, 0.25) is 0 Å². The summed E-state index contributed by atoms with van der Waals surface area (Å²) in [5.41, 5.74) is 0.0210. The molecule has 0 radical (unpaired) electrons. The molecule has 0 unspecified atom stereocenters. The van der Waals surface area contributed by atoms with Crippen molar-refractivity contribution >= 4 is 28.3 Å². The van der Waals surface area contributed by atoms with Gasteiger partial charge in [0.1, 0.15) is 5.56 Å². The van der Waals surface area contributed by atoms with Crippen LogP contribution in [0.15, 0.2) is 28.5 Å². The van der Waals surface area contributed by atoms with Gasteiger partial charge in [0.2, 0.25) is 0 Å². The third-order valence-corrected chi connectivity index (χ3v) is 3.19. The Morgan fingerprint density at radius 3 is 3.00 bits per heavy atom. The summed E-state index contributed by atoms with van der Waals surface area (Å²) in [4.78, 5) is 40.9. The van der Waals surface area contributed by atoms with Crippen molar-refractivity contribution in [1.29, 1.82) is 0 Å². The van der Waals surface area contributed by atoms with Gasteiger partial charge >= 0.3 is 5.97 Å². The van der Waals surface area contributed by atoms with Crippen LogP contribution in [0.1, 0.15) is 16.1 Å². The van der Waals surface area contributed by atoms with Gasteiger partial charge in [-0.2, -0.15) is 0 Å². The second kappa shape index (κ2) is 6.11. The van der Waals surface area contributed by atoms with Crippen molar-refractivity contribution in [3.05, 3.63) is 45.3 Å². The van der Waals surface area contributed by atoms with Crippen LogP contribution in [0.4, 0.5) is 5.13 Å². The highest BCUT2D eigenvalue weighted by Gasteiger charge is 2.13. The van der Waals surface area contributed by atoms with Crippen molar-refractivity contribution in [2.75, 3.05) is 12.4 Å². The Kier molecular flexibility index (Phi) is 4.26. The largest absolute Gasteiger partial charge is 0.469 e. The molecule has 104 valence electrons. The molecule has 2 rings (SSSR count). The number of carbonyl (C=O) groups excluding carboxylic acids is 2. The van der Waals surface area contributed by atoms with Crippen LogP contribution in [0.5, 0.6) is 0 Å². The van der Waals surface area contributed by atoms with E-state index in [1.807, 2.05) is 0 Å². The van der Waals surface area contributed by atoms with E-state index in [-0.39, 0.29) is 12.0 Å². The van der Waals surface area contributed by atoms with Gasteiger partial charge in [-0.1, -0.05) is 0 Å². The predicted molar refractivity (Wildman–Crippen MR) is 72.8 cm³/mol. The van der Waals surface area contributed by atoms with Gasteiger partial charge in [0.05, 0.1) is 19.2 Å². The zero-order valence-electron chi connectivity index (χ0n) is 10.5. The monoisotopic (exact) mass is 293 g/mol. The number of pyridine rings is 1. The van der Waals surface area contributed by atoms with Crippen LogP contribution in [0.3, 0.4) is 0 Å². The Balaban J connectivity index is 2.07. The standard InChI is InChI=1S/C12H11N3O4S/c1-19-9(16)5-7-6-20-12(14-7)15-11(18)8-3-2-4-13-10(8)17/h2-4,6H,5H2,1H3,(H,13,17)(H,14,15,18). The minimum atomic E-state index is -0.550. The van der Waals surface area contributed by atoms with Crippen molar-refractivity contribution in [3.63, 3.8) is 0 Å². The molecule has 0 atom stereocenters. The van der Waals surface area contributed by atoms with E-state index in [0.29, 0.717) is 10.8 Å². The fourth-order valence-corrected chi connectivity index (χ4v) is 2.14. The number of nitrogens with zero attached hydrogens (tertiary/aromatic N) is 1. The zero-order chi connectivity index (χ0) is 14.5. The smallest absolute Gasteiger partial charge is 0.311 e. The Morgan fingerprint density at radius 2 is 2.30 bits per heavy atom. The van der Waals surface area contributed by atoms with Crippen molar-refractivity contribution < 1.29 is 14.3 Å². The van der Waals surface area contributed by atoms with E-state index in [1.54, 1.807) is 11.4 Å². The van der Waals surface area contributed by atoms with Gasteiger partial charge in [-0.25, -0.2) is 4.98 Å². The number of ether oxygens (including phenoxy) is 1. The minimum Gasteiger partial charge on any atom is -0.469 e. The average Bonchev–Trinajstić information content (AvgIpc) is 2.86. The molecular formula is C12H11N3O4S. The molecule has 20 heavy (non-hydrogen) atoms. The molecule has 8 heteroatoms. The summed E-state index contributed by atoms with van der Waals surface area (Å²) < 4.78 is 4.52. The topological polar surface area (TPSA) is 101 Å². The number of H-pyrrole nitrogens is 1. The molecule has 0 aromatic carbocycles. The van der Waals surface area contributed by atoms with Gasteiger partial charge in [0, 0.05) is 11.6 Å². The first-order valence-corrected chi connectivity index (χ1v) is 6.48. The summed E-state index contributed by atoms with van der Waals surface area (Å²) in [7, 11) is 1.29. The Hall–Kier alpha value is -2.48. The van der Waals surface area contributed by atoms with Gasteiger partial charge in [-0.05, 0) is 12.1 Å². The van der Waals surface area contributed by atoms with Crippen LogP contribution < -0.4 is 10.9 Å². The lowest BCUT2D eigenvalue weighted by molar-refractivity contribution is -0.139. The molecule has 7 nitrogen and oxygen atoms in total. The van der Waals surface area contributed by atoms with Gasteiger partial charge < -0.3 is 9.72 Å². The zero-order valence-corrected chi connectivity index (χ0v) is 11.3. The second-order valence-corrected chi connectivity index (χ2v) is 4.62. The molecule has 0 fully saturated rings. The number of anilines is 1. The number of hydrogen-bond donors (Lipinski definition) is 2. The van der Waals surface area contributed by atoms with Crippen molar-refractivity contribution in [3.8, 4) is 0 Å². The maximum atomic E-state index is 11.9. The highest BCUT2D eigenvalue weighted by molar-refractivity contribution is 7.14. The van der Waals surface area contributed by atoms with Crippen molar-refractivity contribution in [2.45, 2.75) is 6.42 Å². The van der Waals surface area contributed by atoms with E-state index < -0.39 is 17.4 Å². The first kappa shape index (κ1) is 13.9. The summed E-state index contributed by atoms with van der Waals surface area (Å²) in [6.07, 6.45) is 1.48. The SMILES string of the molecule is COC(=O)Cc1csc(NC(=O)c2ccc[nH]c2=O)n1. The molecule has 0 spiro atoms. The molecule has 0 aliphatic carbocycles. The number of esters is 1. The van der Waals surface area contributed by atoms with Crippen LogP contribution in [0, 0.1) is 0 Å². The lowest BCUT2D eigenvalue weighted by Crippen LogP contribution is -2.22. The number of aromatic nitrogens is 2. The molecule has 0 bridgehead atoms. The molecule has 1 amide bonds. The number of aromatic amines is 1. The maximum Gasteiger partial charge on any atom is 0.311 e. The highest BCUT2D eigenvalue weighted by Crippen LogP contribution is 2.16. The normalized spacial score (nSPS) is 10.1. The molecular weight excluding hydrogens is 282 g/mol. The number of carbonyl (C=O) groups is 2. The van der Waals surface area contributed by atoms with Crippen LogP contribution in [-0.4, -0.2) is 29.0 Å². The van der Waals surface area contributed by atoms with E-state index in [1.165, 1.54) is 30.7 Å². The number of thiazole rings is 1. The summed E-state index contributed by atoms with van der Waals surface area (Å²) in [6, 6.07) is 2.97. The summed E-state index contributed by atoms with van der Waals surface area (Å²) in [5.74, 6) is -0.960. The number of amides is 1. The van der Waals surface area contributed by atoms with Gasteiger partial charge in [-0.3, -0.25) is 19.7 Å². The number of rotatable bonds is 4. The average molecular weight is 293 g/mol. The maximum absolute atomic E-state index is 11.9. The molecule has 2 aromatic rings. The quantitative estimate of drug-likeness (QED) is 0.812. The Morgan fingerprint density at radius 1 is 1.50 bits per heavy atom. The van der Waals surface area contributed by atoms with E-state index in [0.717, 1.165) is 0 Å². The number of methoxy groups -OCH3 is 1. The van der Waals surface area contributed by atoms with E-state index in [2.05, 4.69) is 20.0 Å². The van der Waals surface area contributed by atoms with Crippen LogP contribution >= 0.6 is 11.3 Å². The van der Waals surface area contributed by atoms with Crippen molar-refractivity contribution in [1.82, 2.24) is 9.97 Å². The van der Waals surface area contributed by atoms with E-state index >= 15 is 0 Å². The Bertz CT molecular complexity index is 692. The highest BCUT2D eigenvalue weighted by atomic mass is 32.1. The first-order valence-electron chi connectivity index (χ1n) is 5.60. The first-order chi connectivity index (χ1) is 9.60. The molecule has 2 aromatic heterocycles. The van der Waals surface area contributed by atoms with Crippen LogP contribution in [-0.2, 0) is 16.0 Å².